The number of methoxy groups -OCH3 is 1. The Kier molecular flexibility index (Phi) is 5.86. The third-order valence-corrected chi connectivity index (χ3v) is 7.08. The highest BCUT2D eigenvalue weighted by Gasteiger charge is 2.49. The molecule has 4 rings (SSSR count). The molecule has 2 aromatic rings. The molecule has 1 saturated heterocycles. The molecule has 1 saturated carbocycles. The molecule has 1 unspecified atom stereocenters. The lowest BCUT2D eigenvalue weighted by atomic mass is 9.69. The van der Waals surface area contributed by atoms with Crippen molar-refractivity contribution in [3.05, 3.63) is 65.5 Å². The van der Waals surface area contributed by atoms with Crippen LogP contribution in [-0.4, -0.2) is 54.5 Å². The van der Waals surface area contributed by atoms with Crippen molar-refractivity contribution < 1.29 is 14.2 Å². The highest BCUT2D eigenvalue weighted by Crippen LogP contribution is 2.46. The molecule has 0 amide bonds. The maximum Gasteiger partial charge on any atom is 0.163 e. The van der Waals surface area contributed by atoms with Crippen LogP contribution in [0.2, 0.25) is 0 Å². The number of nitrogens with one attached hydrogen (secondary N) is 1. The van der Waals surface area contributed by atoms with Crippen LogP contribution in [0.15, 0.2) is 48.5 Å². The number of hydrogen-bond acceptors (Lipinski definition) is 5. The first-order chi connectivity index (χ1) is 14.4. The normalized spacial score (nSPS) is 29.6. The minimum Gasteiger partial charge on any atom is -0.497 e. The minimum absolute atomic E-state index is 0.112. The van der Waals surface area contributed by atoms with Gasteiger partial charge in [0.2, 0.25) is 0 Å². The van der Waals surface area contributed by atoms with Crippen molar-refractivity contribution in [1.29, 1.82) is 0 Å². The number of ether oxygens (including phenoxy) is 1. The van der Waals surface area contributed by atoms with Gasteiger partial charge in [-0.25, -0.2) is 4.39 Å². The zero-order valence-electron chi connectivity index (χ0n) is 18.1. The van der Waals surface area contributed by atoms with Gasteiger partial charge in [-0.3, -0.25) is 15.1 Å². The van der Waals surface area contributed by atoms with Gasteiger partial charge in [-0.05, 0) is 75.2 Å². The van der Waals surface area contributed by atoms with E-state index in [-0.39, 0.29) is 16.9 Å². The van der Waals surface area contributed by atoms with E-state index in [0.29, 0.717) is 6.54 Å². The fourth-order valence-electron chi connectivity index (χ4n) is 5.21. The fraction of sp³-hybridized carbons (Fsp3) is 0.500. The van der Waals surface area contributed by atoms with Crippen LogP contribution in [0, 0.1) is 5.82 Å². The molecule has 2 aromatic carbocycles. The van der Waals surface area contributed by atoms with E-state index in [1.54, 1.807) is 19.2 Å². The summed E-state index contributed by atoms with van der Waals surface area (Å²) in [5.41, 5.74) is 1.89. The van der Waals surface area contributed by atoms with Crippen molar-refractivity contribution in [2.45, 2.75) is 49.7 Å². The van der Waals surface area contributed by atoms with Crippen molar-refractivity contribution in [3.63, 3.8) is 0 Å². The van der Waals surface area contributed by atoms with Gasteiger partial charge >= 0.3 is 0 Å². The number of aliphatic hydroxyl groups is 1. The number of halogens is 1. The Morgan fingerprint density at radius 2 is 1.83 bits per heavy atom. The Morgan fingerprint density at radius 1 is 1.13 bits per heavy atom. The third-order valence-electron chi connectivity index (χ3n) is 7.08. The Labute approximate surface area is 178 Å². The average Bonchev–Trinajstić information content (AvgIpc) is 3.04. The summed E-state index contributed by atoms with van der Waals surface area (Å²) in [6.07, 6.45) is 3.03. The van der Waals surface area contributed by atoms with Gasteiger partial charge in [0.25, 0.3) is 0 Å². The van der Waals surface area contributed by atoms with Crippen molar-refractivity contribution in [2.24, 2.45) is 0 Å². The standard InChI is InChI=1S/C24H32FN3O2/c1-27(2)24(19-5-4-6-20(25)15-19)13-11-23(12-14-24)17-28(22(29)26-23)16-18-7-9-21(30-3)10-8-18/h4-10,15,22,26,29H,11-14,16-17H2,1-3H3/t22?,23-,24+. The molecule has 5 nitrogen and oxygen atoms in total. The van der Waals surface area contributed by atoms with Crippen LogP contribution in [0.5, 0.6) is 5.75 Å². The second-order valence-electron chi connectivity index (χ2n) is 8.99. The summed E-state index contributed by atoms with van der Waals surface area (Å²) in [5, 5.41) is 14.2. The summed E-state index contributed by atoms with van der Waals surface area (Å²) in [7, 11) is 5.82. The van der Waals surface area contributed by atoms with Crippen molar-refractivity contribution in [3.8, 4) is 5.75 Å². The molecular formula is C24H32FN3O2. The molecule has 1 aliphatic carbocycles. The lowest BCUT2D eigenvalue weighted by Gasteiger charge is -2.49. The molecular weight excluding hydrogens is 381 g/mol. The number of rotatable bonds is 5. The van der Waals surface area contributed by atoms with Crippen molar-refractivity contribution in [1.82, 2.24) is 15.1 Å². The molecule has 1 spiro atoms. The van der Waals surface area contributed by atoms with E-state index >= 15 is 0 Å². The summed E-state index contributed by atoms with van der Waals surface area (Å²) in [6.45, 7) is 1.48. The topological polar surface area (TPSA) is 48.0 Å². The largest absolute Gasteiger partial charge is 0.497 e. The van der Waals surface area contributed by atoms with Crippen LogP contribution in [-0.2, 0) is 12.1 Å². The first-order valence-electron chi connectivity index (χ1n) is 10.6. The number of nitrogens with zero attached hydrogens (tertiary/aromatic N) is 2. The van der Waals surface area contributed by atoms with Gasteiger partial charge in [0.05, 0.1) is 7.11 Å². The van der Waals surface area contributed by atoms with E-state index in [1.807, 2.05) is 30.3 Å². The Balaban J connectivity index is 1.46. The molecule has 1 atom stereocenters. The summed E-state index contributed by atoms with van der Waals surface area (Å²) < 4.78 is 19.2. The van der Waals surface area contributed by atoms with E-state index in [0.717, 1.165) is 49.1 Å². The number of aliphatic hydroxyl groups excluding tert-OH is 1. The van der Waals surface area contributed by atoms with E-state index in [4.69, 9.17) is 4.74 Å². The second-order valence-corrected chi connectivity index (χ2v) is 8.99. The van der Waals surface area contributed by atoms with Gasteiger partial charge < -0.3 is 9.84 Å². The van der Waals surface area contributed by atoms with Gasteiger partial charge in [-0.1, -0.05) is 24.3 Å². The SMILES string of the molecule is COc1ccc(CN2C[C@]3(CC[C@](c4cccc(F)c4)(N(C)C)CC3)NC2O)cc1. The Bertz CT molecular complexity index is 863. The monoisotopic (exact) mass is 413 g/mol. The van der Waals surface area contributed by atoms with E-state index < -0.39 is 6.35 Å². The highest BCUT2D eigenvalue weighted by atomic mass is 19.1. The van der Waals surface area contributed by atoms with Crippen molar-refractivity contribution >= 4 is 0 Å². The zero-order valence-corrected chi connectivity index (χ0v) is 18.1. The Morgan fingerprint density at radius 3 is 2.43 bits per heavy atom. The molecule has 2 N–H and O–H groups in total. The van der Waals surface area contributed by atoms with Gasteiger partial charge in [0.15, 0.2) is 6.35 Å². The van der Waals surface area contributed by atoms with Crippen LogP contribution >= 0.6 is 0 Å². The summed E-state index contributed by atoms with van der Waals surface area (Å²) >= 11 is 0. The van der Waals surface area contributed by atoms with E-state index in [2.05, 4.69) is 29.2 Å². The van der Waals surface area contributed by atoms with Gasteiger partial charge in [0, 0.05) is 24.2 Å². The van der Waals surface area contributed by atoms with Crippen molar-refractivity contribution in [2.75, 3.05) is 27.7 Å². The first kappa shape index (κ1) is 21.2. The third kappa shape index (κ3) is 3.97. The number of hydrogen-bond donors (Lipinski definition) is 2. The van der Waals surface area contributed by atoms with Crippen LogP contribution < -0.4 is 10.1 Å². The fourth-order valence-corrected chi connectivity index (χ4v) is 5.21. The molecule has 1 heterocycles. The molecule has 2 fully saturated rings. The predicted octanol–water partition coefficient (Wildman–Crippen LogP) is 3.29. The van der Waals surface area contributed by atoms with Gasteiger partial charge in [0.1, 0.15) is 11.6 Å². The van der Waals surface area contributed by atoms with Crippen LogP contribution in [0.4, 0.5) is 4.39 Å². The summed E-state index contributed by atoms with van der Waals surface area (Å²) in [5.74, 6) is 0.647. The van der Waals surface area contributed by atoms with Crippen LogP contribution in [0.25, 0.3) is 0 Å². The predicted molar refractivity (Wildman–Crippen MR) is 116 cm³/mol. The Hall–Kier alpha value is -1.99. The molecule has 1 aliphatic heterocycles. The first-order valence-corrected chi connectivity index (χ1v) is 10.6. The number of benzene rings is 2. The molecule has 6 heteroatoms. The molecule has 0 aromatic heterocycles. The molecule has 0 radical (unpaired) electrons. The van der Waals surface area contributed by atoms with Crippen LogP contribution in [0.3, 0.4) is 0 Å². The highest BCUT2D eigenvalue weighted by molar-refractivity contribution is 5.29. The molecule has 0 bridgehead atoms. The van der Waals surface area contributed by atoms with Gasteiger partial charge in [-0.2, -0.15) is 0 Å². The lowest BCUT2D eigenvalue weighted by molar-refractivity contribution is 0.0126. The molecule has 2 aliphatic rings. The zero-order chi connectivity index (χ0) is 21.4. The van der Waals surface area contributed by atoms with Crippen LogP contribution in [0.1, 0.15) is 36.8 Å². The quantitative estimate of drug-likeness (QED) is 0.788. The van der Waals surface area contributed by atoms with Gasteiger partial charge in [-0.15, -0.1) is 0 Å². The molecule has 162 valence electrons. The summed E-state index contributed by atoms with van der Waals surface area (Å²) in [4.78, 5) is 4.32. The second kappa shape index (κ2) is 8.27. The minimum atomic E-state index is -0.659. The summed E-state index contributed by atoms with van der Waals surface area (Å²) in [6, 6.07) is 15.0. The maximum atomic E-state index is 13.9. The van der Waals surface area contributed by atoms with E-state index in [1.165, 1.54) is 6.07 Å². The lowest BCUT2D eigenvalue weighted by Crippen LogP contribution is -2.54. The average molecular weight is 414 g/mol. The smallest absolute Gasteiger partial charge is 0.163 e. The van der Waals surface area contributed by atoms with E-state index in [9.17, 15) is 9.50 Å². The maximum absolute atomic E-state index is 13.9. The molecule has 30 heavy (non-hydrogen) atoms.